The normalized spacial score (nSPS) is 20.1. The zero-order chi connectivity index (χ0) is 19.4. The molecular weight excluding hydrogens is 386 g/mol. The molecule has 2 atom stereocenters. The lowest BCUT2D eigenvalue weighted by atomic mass is 9.96. The molecule has 1 aliphatic heterocycles. The second kappa shape index (κ2) is 8.20. The van der Waals surface area contributed by atoms with Crippen LogP contribution in [0.5, 0.6) is 0 Å². The fourth-order valence-electron chi connectivity index (χ4n) is 3.08. The monoisotopic (exact) mass is 407 g/mol. The van der Waals surface area contributed by atoms with Gasteiger partial charge in [0.05, 0.1) is 17.0 Å². The van der Waals surface area contributed by atoms with E-state index in [0.717, 1.165) is 10.4 Å². The summed E-state index contributed by atoms with van der Waals surface area (Å²) >= 11 is 1.55. The highest BCUT2D eigenvalue weighted by Crippen LogP contribution is 2.27. The molecule has 2 heterocycles. The molecule has 3 rings (SSSR count). The highest BCUT2D eigenvalue weighted by Gasteiger charge is 2.31. The van der Waals surface area contributed by atoms with Crippen LogP contribution in [0, 0.1) is 0 Å². The van der Waals surface area contributed by atoms with Crippen LogP contribution >= 0.6 is 11.3 Å². The van der Waals surface area contributed by atoms with Crippen molar-refractivity contribution in [1.29, 1.82) is 0 Å². The molecule has 0 aliphatic carbocycles. The van der Waals surface area contributed by atoms with Crippen LogP contribution in [0.2, 0.25) is 0 Å². The van der Waals surface area contributed by atoms with Gasteiger partial charge in [0, 0.05) is 17.7 Å². The van der Waals surface area contributed by atoms with E-state index in [-0.39, 0.29) is 35.2 Å². The van der Waals surface area contributed by atoms with E-state index < -0.39 is 10.0 Å². The number of carbonyl (C=O) groups is 2. The first-order valence-electron chi connectivity index (χ1n) is 8.57. The summed E-state index contributed by atoms with van der Waals surface area (Å²) in [5.74, 6) is -0.109. The largest absolute Gasteiger partial charge is 0.351 e. The number of hydrogen-bond acceptors (Lipinski definition) is 5. The van der Waals surface area contributed by atoms with Crippen LogP contribution in [0.3, 0.4) is 0 Å². The molecule has 1 aliphatic rings. The van der Waals surface area contributed by atoms with Crippen LogP contribution in [0.25, 0.3) is 0 Å². The molecule has 0 saturated carbocycles. The number of benzene rings is 1. The molecule has 0 bridgehead atoms. The summed E-state index contributed by atoms with van der Waals surface area (Å²) in [6, 6.07) is 9.71. The Labute approximate surface area is 162 Å². The summed E-state index contributed by atoms with van der Waals surface area (Å²) in [4.78, 5) is 25.2. The van der Waals surface area contributed by atoms with Crippen LogP contribution in [-0.4, -0.2) is 26.3 Å². The van der Waals surface area contributed by atoms with Crippen molar-refractivity contribution in [1.82, 2.24) is 10.6 Å². The van der Waals surface area contributed by atoms with Gasteiger partial charge in [-0.25, -0.2) is 13.6 Å². The average Bonchev–Trinajstić information content (AvgIpc) is 3.15. The molecule has 1 aromatic carbocycles. The predicted molar refractivity (Wildman–Crippen MR) is 103 cm³/mol. The Bertz CT molecular complexity index is 909. The number of carbonyl (C=O) groups excluding carboxylic acids is 2. The summed E-state index contributed by atoms with van der Waals surface area (Å²) in [5.41, 5.74) is 0.851. The van der Waals surface area contributed by atoms with Gasteiger partial charge in [-0.15, -0.1) is 11.3 Å². The number of aryl methyl sites for hydroxylation is 1. The van der Waals surface area contributed by atoms with Gasteiger partial charge < -0.3 is 10.6 Å². The first-order chi connectivity index (χ1) is 12.8. The smallest absolute Gasteiger partial charge is 0.238 e. The first-order valence-corrected chi connectivity index (χ1v) is 11.0. The predicted octanol–water partition coefficient (Wildman–Crippen LogP) is 1.46. The van der Waals surface area contributed by atoms with Crippen molar-refractivity contribution in [3.05, 3.63) is 52.2 Å². The van der Waals surface area contributed by atoms with Crippen LogP contribution in [0.4, 0.5) is 0 Å². The summed E-state index contributed by atoms with van der Waals surface area (Å²) in [7, 11) is -3.72. The first kappa shape index (κ1) is 19.5. The third-order valence-corrected chi connectivity index (χ3v) is 6.37. The lowest BCUT2D eigenvalue weighted by molar-refractivity contribution is -0.127. The molecule has 4 N–H and O–H groups in total. The molecular formula is C18H21N3O4S2. The van der Waals surface area contributed by atoms with Gasteiger partial charge in [-0.1, -0.05) is 18.2 Å². The number of piperidine rings is 1. The van der Waals surface area contributed by atoms with E-state index in [9.17, 15) is 18.0 Å². The van der Waals surface area contributed by atoms with E-state index in [1.165, 1.54) is 12.1 Å². The van der Waals surface area contributed by atoms with Gasteiger partial charge in [-0.05, 0) is 42.0 Å². The van der Waals surface area contributed by atoms with Crippen molar-refractivity contribution in [2.45, 2.75) is 42.7 Å². The molecule has 2 amide bonds. The number of thiophene rings is 1. The van der Waals surface area contributed by atoms with E-state index in [0.29, 0.717) is 19.3 Å². The Morgan fingerprint density at radius 2 is 2.00 bits per heavy atom. The fraction of sp³-hybridized carbons (Fsp3) is 0.333. The van der Waals surface area contributed by atoms with E-state index in [1.54, 1.807) is 23.5 Å². The molecule has 1 saturated heterocycles. The quantitative estimate of drug-likeness (QED) is 0.672. The number of sulfonamides is 1. The molecule has 0 spiro atoms. The van der Waals surface area contributed by atoms with Crippen molar-refractivity contribution < 1.29 is 18.0 Å². The van der Waals surface area contributed by atoms with E-state index >= 15 is 0 Å². The van der Waals surface area contributed by atoms with Crippen molar-refractivity contribution in [3.63, 3.8) is 0 Å². The minimum absolute atomic E-state index is 0.00570. The maximum absolute atomic E-state index is 12.4. The van der Waals surface area contributed by atoms with Crippen molar-refractivity contribution in [2.24, 2.45) is 5.14 Å². The Hall–Kier alpha value is -2.23. The number of nitrogens with two attached hydrogens (primary N) is 1. The SMILES string of the molecule is NS(=O)(=O)c1ccc(CCC(=O)N[C@@H]2CCC(=O)N[C@H]2c2cccs2)cc1. The Morgan fingerprint density at radius 3 is 2.63 bits per heavy atom. The number of primary sulfonamides is 1. The number of rotatable bonds is 6. The van der Waals surface area contributed by atoms with Gasteiger partial charge in [-0.2, -0.15) is 0 Å². The second-order valence-electron chi connectivity index (χ2n) is 6.46. The summed E-state index contributed by atoms with van der Waals surface area (Å²) in [6.45, 7) is 0. The standard InChI is InChI=1S/C18H21N3O4S2/c19-27(24,25)13-6-3-12(4-7-13)5-9-16(22)20-14-8-10-17(23)21-18(14)15-2-1-11-26-15/h1-4,6-7,11,14,18H,5,8-10H2,(H,20,22)(H,21,23)(H2,19,24,25)/t14-,18-/m1/s1. The molecule has 1 fully saturated rings. The van der Waals surface area contributed by atoms with Gasteiger partial charge in [-0.3, -0.25) is 9.59 Å². The lowest BCUT2D eigenvalue weighted by Crippen LogP contribution is -2.49. The topological polar surface area (TPSA) is 118 Å². The minimum atomic E-state index is -3.72. The van der Waals surface area contributed by atoms with Gasteiger partial charge >= 0.3 is 0 Å². The molecule has 1 aromatic heterocycles. The molecule has 2 aromatic rings. The van der Waals surface area contributed by atoms with E-state index in [1.807, 2.05) is 17.5 Å². The van der Waals surface area contributed by atoms with E-state index in [2.05, 4.69) is 10.6 Å². The second-order valence-corrected chi connectivity index (χ2v) is 9.00. The number of amides is 2. The lowest BCUT2D eigenvalue weighted by Gasteiger charge is -2.32. The van der Waals surface area contributed by atoms with Crippen LogP contribution in [0.1, 0.15) is 35.7 Å². The minimum Gasteiger partial charge on any atom is -0.351 e. The van der Waals surface area contributed by atoms with Crippen molar-refractivity contribution in [3.8, 4) is 0 Å². The fourth-order valence-corrected chi connectivity index (χ4v) is 4.43. The highest BCUT2D eigenvalue weighted by molar-refractivity contribution is 7.89. The van der Waals surface area contributed by atoms with Crippen LogP contribution < -0.4 is 15.8 Å². The summed E-state index contributed by atoms with van der Waals surface area (Å²) in [5, 5.41) is 13.0. The number of nitrogens with one attached hydrogen (secondary N) is 2. The van der Waals surface area contributed by atoms with Crippen LogP contribution in [0.15, 0.2) is 46.7 Å². The third-order valence-electron chi connectivity index (χ3n) is 4.49. The molecule has 27 heavy (non-hydrogen) atoms. The van der Waals surface area contributed by atoms with E-state index in [4.69, 9.17) is 5.14 Å². The highest BCUT2D eigenvalue weighted by atomic mass is 32.2. The zero-order valence-electron chi connectivity index (χ0n) is 14.6. The maximum atomic E-state index is 12.4. The van der Waals surface area contributed by atoms with Crippen molar-refractivity contribution >= 4 is 33.2 Å². The van der Waals surface area contributed by atoms with Gasteiger partial charge in [0.15, 0.2) is 0 Å². The van der Waals surface area contributed by atoms with Crippen LogP contribution in [-0.2, 0) is 26.0 Å². The van der Waals surface area contributed by atoms with Gasteiger partial charge in [0.2, 0.25) is 21.8 Å². The Balaban J connectivity index is 1.57. The molecule has 144 valence electrons. The molecule has 0 unspecified atom stereocenters. The van der Waals surface area contributed by atoms with Gasteiger partial charge in [0.1, 0.15) is 0 Å². The number of hydrogen-bond donors (Lipinski definition) is 3. The van der Waals surface area contributed by atoms with Gasteiger partial charge in [0.25, 0.3) is 0 Å². The molecule has 0 radical (unpaired) electrons. The Morgan fingerprint density at radius 1 is 1.26 bits per heavy atom. The molecule has 7 nitrogen and oxygen atoms in total. The molecule has 9 heteroatoms. The Kier molecular flexibility index (Phi) is 5.93. The zero-order valence-corrected chi connectivity index (χ0v) is 16.2. The maximum Gasteiger partial charge on any atom is 0.238 e. The average molecular weight is 408 g/mol. The van der Waals surface area contributed by atoms with Crippen molar-refractivity contribution in [2.75, 3.05) is 0 Å². The summed E-state index contributed by atoms with van der Waals surface area (Å²) in [6.07, 6.45) is 1.75. The summed E-state index contributed by atoms with van der Waals surface area (Å²) < 4.78 is 22.5. The third kappa shape index (κ3) is 5.15.